The highest BCUT2D eigenvalue weighted by molar-refractivity contribution is 5.69. The summed E-state index contributed by atoms with van der Waals surface area (Å²) in [4.78, 5) is 7.48. The molecule has 0 amide bonds. The molecule has 0 aromatic carbocycles. The molecule has 0 saturated carbocycles. The maximum Gasteiger partial charge on any atom is 0.433 e. The lowest BCUT2D eigenvalue weighted by molar-refractivity contribution is -0.141. The van der Waals surface area contributed by atoms with E-state index in [4.69, 9.17) is 4.74 Å². The molecule has 0 N–H and O–H groups in total. The summed E-state index contributed by atoms with van der Waals surface area (Å²) < 4.78 is 58.7. The number of aromatic nitrogens is 4. The molecular formula is C18H10F4N4O. The number of alkyl halides is 3. The summed E-state index contributed by atoms with van der Waals surface area (Å²) in [5, 5.41) is 4.00. The Kier molecular flexibility index (Phi) is 3.98. The van der Waals surface area contributed by atoms with Crippen LogP contribution >= 0.6 is 0 Å². The van der Waals surface area contributed by atoms with Gasteiger partial charge in [-0.25, -0.2) is 18.9 Å². The van der Waals surface area contributed by atoms with Crippen molar-refractivity contribution in [2.45, 2.75) is 6.18 Å². The van der Waals surface area contributed by atoms with Gasteiger partial charge in [-0.2, -0.15) is 18.3 Å². The minimum atomic E-state index is -4.53. The molecule has 4 aromatic rings. The third-order valence-electron chi connectivity index (χ3n) is 3.78. The van der Waals surface area contributed by atoms with E-state index in [1.54, 1.807) is 30.3 Å². The van der Waals surface area contributed by atoms with Crippen molar-refractivity contribution >= 4 is 5.52 Å². The van der Waals surface area contributed by atoms with E-state index >= 15 is 0 Å². The number of rotatable bonds is 3. The zero-order valence-corrected chi connectivity index (χ0v) is 13.5. The van der Waals surface area contributed by atoms with Crippen molar-refractivity contribution in [1.82, 2.24) is 19.6 Å². The van der Waals surface area contributed by atoms with E-state index in [2.05, 4.69) is 15.1 Å². The maximum atomic E-state index is 13.8. The molecule has 0 aliphatic heterocycles. The van der Waals surface area contributed by atoms with Gasteiger partial charge >= 0.3 is 6.18 Å². The molecule has 0 radical (unpaired) electrons. The minimum absolute atomic E-state index is 0.0850. The van der Waals surface area contributed by atoms with E-state index < -0.39 is 17.7 Å². The van der Waals surface area contributed by atoms with Crippen molar-refractivity contribution in [2.75, 3.05) is 0 Å². The number of ether oxygens (including phenoxy) is 1. The zero-order chi connectivity index (χ0) is 19.0. The SMILES string of the molecule is Fc1cnn2c(-c3cccnc3Oc3ccc(C(F)(F)F)nc3)cccc12. The van der Waals surface area contributed by atoms with E-state index in [9.17, 15) is 17.6 Å². The van der Waals surface area contributed by atoms with Gasteiger partial charge in [0.25, 0.3) is 0 Å². The van der Waals surface area contributed by atoms with E-state index in [1.807, 2.05) is 0 Å². The van der Waals surface area contributed by atoms with Gasteiger partial charge in [0.1, 0.15) is 17.0 Å². The lowest BCUT2D eigenvalue weighted by Crippen LogP contribution is -2.07. The first-order valence-corrected chi connectivity index (χ1v) is 7.72. The highest BCUT2D eigenvalue weighted by Crippen LogP contribution is 2.33. The molecule has 4 heterocycles. The molecule has 4 rings (SSSR count). The highest BCUT2D eigenvalue weighted by Gasteiger charge is 2.32. The van der Waals surface area contributed by atoms with Crippen LogP contribution in [0.3, 0.4) is 0 Å². The lowest BCUT2D eigenvalue weighted by atomic mass is 10.1. The normalized spacial score (nSPS) is 11.7. The van der Waals surface area contributed by atoms with E-state index in [0.29, 0.717) is 11.3 Å². The number of pyridine rings is 3. The molecule has 0 unspecified atom stereocenters. The molecule has 0 fully saturated rings. The maximum absolute atomic E-state index is 13.8. The van der Waals surface area contributed by atoms with Crippen molar-refractivity contribution in [1.29, 1.82) is 0 Å². The van der Waals surface area contributed by atoms with Crippen molar-refractivity contribution in [3.8, 4) is 22.9 Å². The fraction of sp³-hybridized carbons (Fsp3) is 0.0556. The van der Waals surface area contributed by atoms with Crippen molar-refractivity contribution in [3.63, 3.8) is 0 Å². The van der Waals surface area contributed by atoms with Crippen LogP contribution in [0, 0.1) is 5.82 Å². The monoisotopic (exact) mass is 374 g/mol. The van der Waals surface area contributed by atoms with Gasteiger partial charge in [-0.3, -0.25) is 0 Å². The molecule has 136 valence electrons. The average Bonchev–Trinajstić information content (AvgIpc) is 3.03. The molecule has 0 aliphatic rings. The number of halogens is 4. The third-order valence-corrected chi connectivity index (χ3v) is 3.78. The van der Waals surface area contributed by atoms with Gasteiger partial charge in [-0.15, -0.1) is 0 Å². The Morgan fingerprint density at radius 1 is 0.926 bits per heavy atom. The summed E-state index contributed by atoms with van der Waals surface area (Å²) in [6.07, 6.45) is -1.00. The summed E-state index contributed by atoms with van der Waals surface area (Å²) >= 11 is 0. The van der Waals surface area contributed by atoms with Crippen LogP contribution in [0.4, 0.5) is 17.6 Å². The highest BCUT2D eigenvalue weighted by atomic mass is 19.4. The Labute approximate surface area is 149 Å². The standard InChI is InChI=1S/C18H10F4N4O/c19-13-10-25-26-14(4-1-5-15(13)26)12-3-2-8-23-17(12)27-11-6-7-16(24-9-11)18(20,21)22/h1-10H. The lowest BCUT2D eigenvalue weighted by Gasteiger charge is -2.11. The summed E-state index contributed by atoms with van der Waals surface area (Å²) in [5.41, 5.74) is 0.261. The molecule has 0 aliphatic carbocycles. The van der Waals surface area contributed by atoms with E-state index in [0.717, 1.165) is 24.5 Å². The van der Waals surface area contributed by atoms with Crippen molar-refractivity contribution < 1.29 is 22.3 Å². The summed E-state index contributed by atoms with van der Waals surface area (Å²) in [6, 6.07) is 10.3. The van der Waals surface area contributed by atoms with Crippen LogP contribution in [0.2, 0.25) is 0 Å². The molecule has 0 spiro atoms. The molecule has 4 aromatic heterocycles. The van der Waals surface area contributed by atoms with Crippen molar-refractivity contribution in [3.05, 3.63) is 72.6 Å². The first kappa shape index (κ1) is 17.0. The Hall–Kier alpha value is -3.49. The Bertz CT molecular complexity index is 1110. The molecule has 27 heavy (non-hydrogen) atoms. The second-order valence-corrected chi connectivity index (χ2v) is 5.54. The van der Waals surface area contributed by atoms with Gasteiger partial charge in [-0.1, -0.05) is 6.07 Å². The van der Waals surface area contributed by atoms with Crippen LogP contribution in [-0.2, 0) is 6.18 Å². The molecule has 5 nitrogen and oxygen atoms in total. The molecule has 0 atom stereocenters. The molecule has 9 heteroatoms. The number of hydrogen-bond acceptors (Lipinski definition) is 4. The van der Waals surface area contributed by atoms with Crippen LogP contribution in [0.25, 0.3) is 16.8 Å². The first-order valence-electron chi connectivity index (χ1n) is 7.72. The van der Waals surface area contributed by atoms with Gasteiger partial charge in [0.15, 0.2) is 5.82 Å². The van der Waals surface area contributed by atoms with Gasteiger partial charge in [0.2, 0.25) is 5.88 Å². The predicted octanol–water partition coefficient (Wildman–Crippen LogP) is 4.74. The van der Waals surface area contributed by atoms with E-state index in [-0.39, 0.29) is 17.1 Å². The summed E-state index contributed by atoms with van der Waals surface area (Å²) in [5.74, 6) is -0.264. The van der Waals surface area contributed by atoms with E-state index in [1.165, 1.54) is 10.7 Å². The molecule has 0 saturated heterocycles. The summed E-state index contributed by atoms with van der Waals surface area (Å²) in [6.45, 7) is 0. The second-order valence-electron chi connectivity index (χ2n) is 5.54. The van der Waals surface area contributed by atoms with Crippen LogP contribution < -0.4 is 4.74 Å². The van der Waals surface area contributed by atoms with Gasteiger partial charge < -0.3 is 4.74 Å². The fourth-order valence-electron chi connectivity index (χ4n) is 2.57. The Morgan fingerprint density at radius 2 is 1.78 bits per heavy atom. The van der Waals surface area contributed by atoms with Gasteiger partial charge in [0, 0.05) is 6.20 Å². The van der Waals surface area contributed by atoms with Crippen LogP contribution in [0.1, 0.15) is 5.69 Å². The quantitative estimate of drug-likeness (QED) is 0.486. The van der Waals surface area contributed by atoms with Gasteiger partial charge in [-0.05, 0) is 36.4 Å². The average molecular weight is 374 g/mol. The predicted molar refractivity (Wildman–Crippen MR) is 87.7 cm³/mol. The van der Waals surface area contributed by atoms with Crippen LogP contribution in [0.5, 0.6) is 11.6 Å². The number of fused-ring (bicyclic) bond motifs is 1. The van der Waals surface area contributed by atoms with Crippen LogP contribution in [-0.4, -0.2) is 19.6 Å². The zero-order valence-electron chi connectivity index (χ0n) is 13.5. The molecular weight excluding hydrogens is 364 g/mol. The number of hydrogen-bond donors (Lipinski definition) is 0. The number of nitrogens with zero attached hydrogens (tertiary/aromatic N) is 4. The second kappa shape index (κ2) is 6.35. The smallest absolute Gasteiger partial charge is 0.433 e. The third kappa shape index (κ3) is 3.19. The van der Waals surface area contributed by atoms with Crippen molar-refractivity contribution in [2.24, 2.45) is 0 Å². The Morgan fingerprint density at radius 3 is 2.52 bits per heavy atom. The Balaban J connectivity index is 1.73. The largest absolute Gasteiger partial charge is 0.437 e. The summed E-state index contributed by atoms with van der Waals surface area (Å²) in [7, 11) is 0. The van der Waals surface area contributed by atoms with Gasteiger partial charge in [0.05, 0.1) is 23.7 Å². The minimum Gasteiger partial charge on any atom is -0.437 e. The molecule has 0 bridgehead atoms. The fourth-order valence-corrected chi connectivity index (χ4v) is 2.57. The van der Waals surface area contributed by atoms with Crippen LogP contribution in [0.15, 0.2) is 61.1 Å². The topological polar surface area (TPSA) is 52.3 Å². The first-order chi connectivity index (χ1) is 12.9.